The molecule has 1 amide bonds. The number of aromatic nitrogens is 1. The quantitative estimate of drug-likeness (QED) is 0.768. The molecule has 0 unspecified atom stereocenters. The Labute approximate surface area is 138 Å². The predicted octanol–water partition coefficient (Wildman–Crippen LogP) is 4.43. The second kappa shape index (κ2) is 6.46. The van der Waals surface area contributed by atoms with Gasteiger partial charge in [0.05, 0.1) is 5.52 Å². The second-order valence-electron chi connectivity index (χ2n) is 5.35. The fourth-order valence-electron chi connectivity index (χ4n) is 2.64. The van der Waals surface area contributed by atoms with E-state index in [9.17, 15) is 9.18 Å². The fraction of sp³-hybridized carbons (Fsp3) is 0.167. The Hall–Kier alpha value is -2.27. The molecule has 0 atom stereocenters. The molecule has 3 aromatic rings. The summed E-state index contributed by atoms with van der Waals surface area (Å²) in [6.07, 6.45) is 2.04. The first kappa shape index (κ1) is 15.6. The van der Waals surface area contributed by atoms with Crippen LogP contribution in [0.5, 0.6) is 0 Å². The first-order valence-corrected chi connectivity index (χ1v) is 8.62. The Morgan fingerprint density at radius 1 is 1.22 bits per heavy atom. The molecule has 3 rings (SSSR count). The second-order valence-corrected chi connectivity index (χ2v) is 6.21. The van der Waals surface area contributed by atoms with Gasteiger partial charge in [-0.3, -0.25) is 4.79 Å². The van der Waals surface area contributed by atoms with Crippen molar-refractivity contribution in [3.05, 3.63) is 65.6 Å². The average Bonchev–Trinajstić information content (AvgIpc) is 2.87. The summed E-state index contributed by atoms with van der Waals surface area (Å²) in [6.45, 7) is 0. The van der Waals surface area contributed by atoms with E-state index in [4.69, 9.17) is 0 Å². The van der Waals surface area contributed by atoms with Crippen LogP contribution in [0, 0.1) is 5.82 Å². The number of nitrogens with one attached hydrogen (secondary N) is 1. The number of anilines is 1. The third kappa shape index (κ3) is 3.10. The van der Waals surface area contributed by atoms with Crippen molar-refractivity contribution in [2.45, 2.75) is 5.75 Å². The molecule has 1 aromatic heterocycles. The number of fused-ring (bicyclic) bond motifs is 1. The molecule has 118 valence electrons. The summed E-state index contributed by atoms with van der Waals surface area (Å²) in [7, 11) is 1.76. The van der Waals surface area contributed by atoms with Crippen molar-refractivity contribution in [3.63, 3.8) is 0 Å². The van der Waals surface area contributed by atoms with E-state index in [0.29, 0.717) is 16.6 Å². The maximum atomic E-state index is 13.9. The first-order valence-electron chi connectivity index (χ1n) is 7.23. The van der Waals surface area contributed by atoms with Gasteiger partial charge in [0.25, 0.3) is 5.91 Å². The molecule has 0 spiro atoms. The van der Waals surface area contributed by atoms with Gasteiger partial charge in [-0.05, 0) is 42.2 Å². The minimum atomic E-state index is -0.320. The van der Waals surface area contributed by atoms with Gasteiger partial charge in [-0.25, -0.2) is 4.39 Å². The van der Waals surface area contributed by atoms with Gasteiger partial charge in [0, 0.05) is 23.9 Å². The maximum absolute atomic E-state index is 13.9. The van der Waals surface area contributed by atoms with Crippen molar-refractivity contribution in [1.29, 1.82) is 0 Å². The number of nitrogens with zero attached hydrogens (tertiary/aromatic N) is 1. The van der Waals surface area contributed by atoms with E-state index in [2.05, 4.69) is 5.32 Å². The number of hydrogen-bond acceptors (Lipinski definition) is 2. The third-order valence-corrected chi connectivity index (χ3v) is 4.38. The van der Waals surface area contributed by atoms with Crippen LogP contribution in [0.25, 0.3) is 10.9 Å². The molecule has 0 bridgehead atoms. The number of benzene rings is 2. The number of carbonyl (C=O) groups is 1. The summed E-state index contributed by atoms with van der Waals surface area (Å²) in [6, 6.07) is 14.2. The Bertz CT molecular complexity index is 873. The molecular formula is C18H17FN2OS. The summed E-state index contributed by atoms with van der Waals surface area (Å²) in [4.78, 5) is 12.5. The number of aryl methyl sites for hydroxylation is 1. The van der Waals surface area contributed by atoms with E-state index in [1.54, 1.807) is 41.6 Å². The minimum Gasteiger partial charge on any atom is -0.340 e. The lowest BCUT2D eigenvalue weighted by molar-refractivity contribution is 0.102. The summed E-state index contributed by atoms with van der Waals surface area (Å²) < 4.78 is 15.6. The Balaban J connectivity index is 1.90. The number of amides is 1. The summed E-state index contributed by atoms with van der Waals surface area (Å²) in [5.41, 5.74) is 3.03. The molecule has 0 saturated carbocycles. The molecule has 2 aromatic carbocycles. The predicted molar refractivity (Wildman–Crippen MR) is 94.5 cm³/mol. The highest BCUT2D eigenvalue weighted by Gasteiger charge is 2.15. The minimum absolute atomic E-state index is 0.246. The smallest absolute Gasteiger partial charge is 0.272 e. The van der Waals surface area contributed by atoms with Crippen LogP contribution in [0.1, 0.15) is 16.1 Å². The van der Waals surface area contributed by atoms with Crippen LogP contribution in [0.2, 0.25) is 0 Å². The van der Waals surface area contributed by atoms with Crippen molar-refractivity contribution >= 4 is 34.3 Å². The molecule has 0 saturated heterocycles. The van der Waals surface area contributed by atoms with Crippen LogP contribution in [0.15, 0.2) is 48.5 Å². The van der Waals surface area contributed by atoms with Crippen molar-refractivity contribution in [1.82, 2.24) is 4.57 Å². The van der Waals surface area contributed by atoms with Gasteiger partial charge < -0.3 is 9.88 Å². The molecule has 5 heteroatoms. The lowest BCUT2D eigenvalue weighted by atomic mass is 10.2. The van der Waals surface area contributed by atoms with Gasteiger partial charge in [0.15, 0.2) is 0 Å². The van der Waals surface area contributed by atoms with Crippen molar-refractivity contribution in [2.75, 3.05) is 11.6 Å². The van der Waals surface area contributed by atoms with Crippen molar-refractivity contribution < 1.29 is 9.18 Å². The highest BCUT2D eigenvalue weighted by atomic mass is 32.2. The van der Waals surface area contributed by atoms with E-state index >= 15 is 0 Å². The van der Waals surface area contributed by atoms with Gasteiger partial charge in [-0.1, -0.05) is 18.2 Å². The lowest BCUT2D eigenvalue weighted by Gasteiger charge is -2.08. The molecule has 0 aliphatic heterocycles. The van der Waals surface area contributed by atoms with E-state index in [1.807, 2.05) is 30.5 Å². The number of rotatable bonds is 4. The van der Waals surface area contributed by atoms with Crippen LogP contribution < -0.4 is 5.32 Å². The summed E-state index contributed by atoms with van der Waals surface area (Å²) in [5, 5.41) is 3.34. The summed E-state index contributed by atoms with van der Waals surface area (Å²) >= 11 is 1.73. The molecule has 0 aliphatic carbocycles. The monoisotopic (exact) mass is 328 g/mol. The Morgan fingerprint density at radius 2 is 2.00 bits per heavy atom. The third-order valence-electron chi connectivity index (χ3n) is 3.76. The van der Waals surface area contributed by atoms with Crippen molar-refractivity contribution in [2.24, 2.45) is 7.05 Å². The van der Waals surface area contributed by atoms with Gasteiger partial charge in [-0.15, -0.1) is 0 Å². The number of thioether (sulfide) groups is 1. The molecule has 0 radical (unpaired) electrons. The van der Waals surface area contributed by atoms with Crippen molar-refractivity contribution in [3.8, 4) is 0 Å². The average molecular weight is 328 g/mol. The van der Waals surface area contributed by atoms with Gasteiger partial charge >= 0.3 is 0 Å². The molecule has 1 N–H and O–H groups in total. The first-order chi connectivity index (χ1) is 11.1. The van der Waals surface area contributed by atoms with Crippen LogP contribution in [0.4, 0.5) is 10.1 Å². The summed E-state index contributed by atoms with van der Waals surface area (Å²) in [5.74, 6) is 0.326. The zero-order chi connectivity index (χ0) is 16.4. The zero-order valence-corrected chi connectivity index (χ0v) is 13.8. The number of carbonyl (C=O) groups excluding carboxylic acids is 1. The lowest BCUT2D eigenvalue weighted by Crippen LogP contribution is -2.15. The molecule has 0 aliphatic rings. The van der Waals surface area contributed by atoms with Crippen LogP contribution >= 0.6 is 11.8 Å². The van der Waals surface area contributed by atoms with Gasteiger partial charge in [-0.2, -0.15) is 11.8 Å². The zero-order valence-electron chi connectivity index (χ0n) is 13.0. The fourth-order valence-corrected chi connectivity index (χ4v) is 3.16. The largest absolute Gasteiger partial charge is 0.340 e. The van der Waals surface area contributed by atoms with Crippen LogP contribution in [-0.2, 0) is 12.8 Å². The van der Waals surface area contributed by atoms with Gasteiger partial charge in [0.2, 0.25) is 0 Å². The molecule has 3 nitrogen and oxygen atoms in total. The number of hydrogen-bond donors (Lipinski definition) is 1. The Kier molecular flexibility index (Phi) is 4.39. The van der Waals surface area contributed by atoms with E-state index in [0.717, 1.165) is 17.0 Å². The van der Waals surface area contributed by atoms with E-state index in [-0.39, 0.29) is 11.7 Å². The Morgan fingerprint density at radius 3 is 2.74 bits per heavy atom. The maximum Gasteiger partial charge on any atom is 0.272 e. The van der Waals surface area contributed by atoms with E-state index < -0.39 is 0 Å². The molecule has 0 fully saturated rings. The molecule has 1 heterocycles. The van der Waals surface area contributed by atoms with Crippen LogP contribution in [-0.4, -0.2) is 16.7 Å². The SMILES string of the molecule is CSCc1cccc(NC(=O)c2cc3c(F)cccc3n2C)c1. The van der Waals surface area contributed by atoms with E-state index in [1.165, 1.54) is 6.07 Å². The van der Waals surface area contributed by atoms with Gasteiger partial charge in [0.1, 0.15) is 11.5 Å². The number of halogens is 1. The standard InChI is InChI=1S/C18H17FN2OS/c1-21-16-8-4-7-15(19)14(16)10-17(21)18(22)20-13-6-3-5-12(9-13)11-23-2/h3-10H,11H2,1-2H3,(H,20,22). The topological polar surface area (TPSA) is 34.0 Å². The highest BCUT2D eigenvalue weighted by Crippen LogP contribution is 2.23. The van der Waals surface area contributed by atoms with Crippen LogP contribution in [0.3, 0.4) is 0 Å². The highest BCUT2D eigenvalue weighted by molar-refractivity contribution is 7.97. The normalized spacial score (nSPS) is 10.9. The molecule has 23 heavy (non-hydrogen) atoms. The molecular weight excluding hydrogens is 311 g/mol.